The fraction of sp³-hybridized carbons (Fsp3) is 0.833. The van der Waals surface area contributed by atoms with Crippen LogP contribution in [0.3, 0.4) is 0 Å². The van der Waals surface area contributed by atoms with E-state index in [1.165, 1.54) is 6.92 Å². The first-order valence-electron chi connectivity index (χ1n) is 3.84. The van der Waals surface area contributed by atoms with Gasteiger partial charge >= 0.3 is 5.97 Å². The summed E-state index contributed by atoms with van der Waals surface area (Å²) in [6.45, 7) is 1.56. The highest BCUT2D eigenvalue weighted by Gasteiger charge is 2.12. The Hall–Kier alpha value is -0.660. The molecule has 0 heterocycles. The maximum atomic E-state index is 10.9. The molecule has 13 heavy (non-hydrogen) atoms. The summed E-state index contributed by atoms with van der Waals surface area (Å²) >= 11 is 0. The second-order valence-electron chi connectivity index (χ2n) is 2.53. The predicted molar refractivity (Wildman–Crippen MR) is 47.7 cm³/mol. The van der Waals surface area contributed by atoms with Crippen LogP contribution in [-0.2, 0) is 14.8 Å². The molecule has 7 heteroatoms. The van der Waals surface area contributed by atoms with Crippen molar-refractivity contribution in [2.75, 3.05) is 12.3 Å². The number of carboxylic acid groups (broad SMARTS) is 1. The van der Waals surface area contributed by atoms with Gasteiger partial charge in [0.15, 0.2) is 0 Å². The standard InChI is InChI=1S/C6H14N2O4S/c1-2-13(11,12)8-4-3-5(7)6(9)10/h5,8H,2-4,7H2,1H3,(H,9,10)/t5-/m0/s1. The molecule has 0 rings (SSSR count). The van der Waals surface area contributed by atoms with Gasteiger partial charge in [-0.2, -0.15) is 0 Å². The zero-order valence-corrected chi connectivity index (χ0v) is 8.17. The molecule has 0 aromatic heterocycles. The summed E-state index contributed by atoms with van der Waals surface area (Å²) in [4.78, 5) is 10.2. The summed E-state index contributed by atoms with van der Waals surface area (Å²) in [6.07, 6.45) is 0.0918. The van der Waals surface area contributed by atoms with Crippen LogP contribution in [0.15, 0.2) is 0 Å². The predicted octanol–water partition coefficient (Wildman–Crippen LogP) is -1.27. The minimum Gasteiger partial charge on any atom is -0.480 e. The molecule has 0 saturated heterocycles. The van der Waals surface area contributed by atoms with Crippen molar-refractivity contribution < 1.29 is 18.3 Å². The fourth-order valence-electron chi connectivity index (χ4n) is 0.595. The van der Waals surface area contributed by atoms with Crippen LogP contribution in [0.5, 0.6) is 0 Å². The van der Waals surface area contributed by atoms with Crippen LogP contribution >= 0.6 is 0 Å². The number of sulfonamides is 1. The van der Waals surface area contributed by atoms with Crippen LogP contribution < -0.4 is 10.5 Å². The Kier molecular flexibility index (Phi) is 4.89. The monoisotopic (exact) mass is 210 g/mol. The average molecular weight is 210 g/mol. The van der Waals surface area contributed by atoms with Crippen molar-refractivity contribution in [3.05, 3.63) is 0 Å². The Labute approximate surface area is 77.2 Å². The van der Waals surface area contributed by atoms with Crippen molar-refractivity contribution in [2.45, 2.75) is 19.4 Å². The van der Waals surface area contributed by atoms with Gasteiger partial charge in [-0.25, -0.2) is 13.1 Å². The number of nitrogens with two attached hydrogens (primary N) is 1. The maximum Gasteiger partial charge on any atom is 0.320 e. The van der Waals surface area contributed by atoms with E-state index in [9.17, 15) is 13.2 Å². The van der Waals surface area contributed by atoms with Crippen LogP contribution in [0.4, 0.5) is 0 Å². The molecule has 0 aromatic carbocycles. The van der Waals surface area contributed by atoms with Gasteiger partial charge in [0.05, 0.1) is 5.75 Å². The molecule has 6 nitrogen and oxygen atoms in total. The van der Waals surface area contributed by atoms with Crippen LogP contribution in [0.2, 0.25) is 0 Å². The van der Waals surface area contributed by atoms with E-state index in [4.69, 9.17) is 10.8 Å². The highest BCUT2D eigenvalue weighted by Crippen LogP contribution is 1.88. The lowest BCUT2D eigenvalue weighted by Gasteiger charge is -2.06. The van der Waals surface area contributed by atoms with Crippen molar-refractivity contribution in [1.29, 1.82) is 0 Å². The number of hydrogen-bond donors (Lipinski definition) is 3. The highest BCUT2D eigenvalue weighted by atomic mass is 32.2. The third-order valence-electron chi connectivity index (χ3n) is 1.47. The number of aliphatic carboxylic acids is 1. The lowest BCUT2D eigenvalue weighted by Crippen LogP contribution is -2.35. The largest absolute Gasteiger partial charge is 0.480 e. The Bertz CT molecular complexity index is 262. The first-order valence-corrected chi connectivity index (χ1v) is 5.50. The summed E-state index contributed by atoms with van der Waals surface area (Å²) in [7, 11) is -3.24. The van der Waals surface area contributed by atoms with Gasteiger partial charge in [0, 0.05) is 6.54 Å². The van der Waals surface area contributed by atoms with E-state index < -0.39 is 22.0 Å². The average Bonchev–Trinajstić information content (AvgIpc) is 2.04. The topological polar surface area (TPSA) is 109 Å². The molecule has 78 valence electrons. The normalized spacial score (nSPS) is 14.0. The van der Waals surface area contributed by atoms with Gasteiger partial charge in [0.1, 0.15) is 6.04 Å². The fourth-order valence-corrected chi connectivity index (χ4v) is 1.23. The lowest BCUT2D eigenvalue weighted by atomic mass is 10.2. The molecule has 0 bridgehead atoms. The molecule has 0 saturated carbocycles. The molecule has 0 aliphatic rings. The second-order valence-corrected chi connectivity index (χ2v) is 4.63. The van der Waals surface area contributed by atoms with Crippen molar-refractivity contribution in [1.82, 2.24) is 4.72 Å². The van der Waals surface area contributed by atoms with Crippen molar-refractivity contribution in [3.8, 4) is 0 Å². The zero-order chi connectivity index (χ0) is 10.5. The third-order valence-corrected chi connectivity index (χ3v) is 2.88. The molecule has 0 aromatic rings. The van der Waals surface area contributed by atoms with Gasteiger partial charge < -0.3 is 10.8 Å². The summed E-state index contributed by atoms with van der Waals surface area (Å²) in [6, 6.07) is -1.01. The summed E-state index contributed by atoms with van der Waals surface area (Å²) in [5.74, 6) is -1.15. The highest BCUT2D eigenvalue weighted by molar-refractivity contribution is 7.89. The summed E-state index contributed by atoms with van der Waals surface area (Å²) < 4.78 is 23.9. The van der Waals surface area contributed by atoms with Gasteiger partial charge in [0.2, 0.25) is 10.0 Å². The van der Waals surface area contributed by atoms with E-state index in [1.54, 1.807) is 0 Å². The van der Waals surface area contributed by atoms with Crippen LogP contribution in [0.1, 0.15) is 13.3 Å². The number of hydrogen-bond acceptors (Lipinski definition) is 4. The van der Waals surface area contributed by atoms with E-state index in [0.717, 1.165) is 0 Å². The zero-order valence-electron chi connectivity index (χ0n) is 7.36. The molecule has 0 spiro atoms. The van der Waals surface area contributed by atoms with Crippen molar-refractivity contribution in [3.63, 3.8) is 0 Å². The number of rotatable bonds is 6. The molecule has 0 fully saturated rings. The van der Waals surface area contributed by atoms with Crippen molar-refractivity contribution in [2.24, 2.45) is 5.73 Å². The number of carbonyl (C=O) groups is 1. The number of carboxylic acids is 1. The quantitative estimate of drug-likeness (QED) is 0.506. The van der Waals surface area contributed by atoms with E-state index in [2.05, 4.69) is 4.72 Å². The molecular formula is C6H14N2O4S. The molecular weight excluding hydrogens is 196 g/mol. The molecule has 0 aliphatic carbocycles. The minimum absolute atomic E-state index is 0.0185. The van der Waals surface area contributed by atoms with Gasteiger partial charge in [-0.3, -0.25) is 4.79 Å². The van der Waals surface area contributed by atoms with E-state index in [0.29, 0.717) is 0 Å². The first-order chi connectivity index (χ1) is 5.89. The van der Waals surface area contributed by atoms with E-state index in [1.807, 2.05) is 0 Å². The van der Waals surface area contributed by atoms with Crippen LogP contribution in [0.25, 0.3) is 0 Å². The SMILES string of the molecule is CCS(=O)(=O)NCC[C@H](N)C(=O)O. The smallest absolute Gasteiger partial charge is 0.320 e. The molecule has 0 radical (unpaired) electrons. The van der Waals surface area contributed by atoms with Gasteiger partial charge in [-0.15, -0.1) is 0 Å². The lowest BCUT2D eigenvalue weighted by molar-refractivity contribution is -0.138. The second kappa shape index (κ2) is 5.15. The Morgan fingerprint density at radius 2 is 2.15 bits per heavy atom. The van der Waals surface area contributed by atoms with Crippen LogP contribution in [0, 0.1) is 0 Å². The first kappa shape index (κ1) is 12.3. The number of nitrogens with one attached hydrogen (secondary N) is 1. The molecule has 4 N–H and O–H groups in total. The minimum atomic E-state index is -3.24. The third kappa shape index (κ3) is 5.56. The summed E-state index contributed by atoms with van der Waals surface area (Å²) in [5.41, 5.74) is 5.15. The Morgan fingerprint density at radius 3 is 2.54 bits per heavy atom. The van der Waals surface area contributed by atoms with Crippen LogP contribution in [-0.4, -0.2) is 37.8 Å². The van der Waals surface area contributed by atoms with E-state index in [-0.39, 0.29) is 18.7 Å². The maximum absolute atomic E-state index is 10.9. The Balaban J connectivity index is 3.75. The van der Waals surface area contributed by atoms with Gasteiger partial charge in [-0.05, 0) is 13.3 Å². The van der Waals surface area contributed by atoms with Crippen molar-refractivity contribution >= 4 is 16.0 Å². The summed E-state index contributed by atoms with van der Waals surface area (Å²) in [5, 5.41) is 8.37. The van der Waals surface area contributed by atoms with Gasteiger partial charge in [-0.1, -0.05) is 0 Å². The molecule has 1 atom stereocenters. The molecule has 0 unspecified atom stereocenters. The van der Waals surface area contributed by atoms with Gasteiger partial charge in [0.25, 0.3) is 0 Å². The van der Waals surface area contributed by atoms with E-state index >= 15 is 0 Å². The molecule has 0 amide bonds. The Morgan fingerprint density at radius 1 is 1.62 bits per heavy atom. The molecule has 0 aliphatic heterocycles.